The van der Waals surface area contributed by atoms with E-state index in [4.69, 9.17) is 10.2 Å². The number of furan rings is 1. The van der Waals surface area contributed by atoms with Gasteiger partial charge in [0, 0.05) is 19.2 Å². The number of nitrogens with zero attached hydrogens (tertiary/aromatic N) is 2. The molecule has 0 unspecified atom stereocenters. The molecule has 0 saturated heterocycles. The van der Waals surface area contributed by atoms with Crippen LogP contribution in [0.2, 0.25) is 0 Å². The monoisotopic (exact) mass is 203 g/mol. The second kappa shape index (κ2) is 4.04. The first-order valence-corrected chi connectivity index (χ1v) is 4.69. The van der Waals surface area contributed by atoms with Crippen LogP contribution in [0.1, 0.15) is 5.56 Å². The third-order valence-corrected chi connectivity index (χ3v) is 2.21. The third-order valence-electron chi connectivity index (χ3n) is 2.21. The minimum absolute atomic E-state index is 0.537. The first-order chi connectivity index (χ1) is 7.25. The van der Waals surface area contributed by atoms with Gasteiger partial charge >= 0.3 is 0 Å². The number of hydrogen-bond donors (Lipinski definition) is 1. The Bertz CT molecular complexity index is 408. The smallest absolute Gasteiger partial charge is 0.123 e. The number of rotatable bonds is 3. The molecule has 0 atom stereocenters. The molecule has 4 heteroatoms. The lowest BCUT2D eigenvalue weighted by molar-refractivity contribution is 0.563. The number of nitrogens with two attached hydrogens (primary N) is 1. The summed E-state index contributed by atoms with van der Waals surface area (Å²) in [5, 5.41) is 0. The van der Waals surface area contributed by atoms with E-state index < -0.39 is 0 Å². The van der Waals surface area contributed by atoms with E-state index in [1.807, 2.05) is 19.2 Å². The van der Waals surface area contributed by atoms with E-state index in [1.54, 1.807) is 24.8 Å². The highest BCUT2D eigenvalue weighted by Gasteiger charge is 2.02. The zero-order valence-corrected chi connectivity index (χ0v) is 8.55. The zero-order chi connectivity index (χ0) is 10.7. The molecule has 0 spiro atoms. The van der Waals surface area contributed by atoms with E-state index in [0.29, 0.717) is 5.82 Å². The van der Waals surface area contributed by atoms with Crippen LogP contribution >= 0.6 is 0 Å². The van der Waals surface area contributed by atoms with Crippen molar-refractivity contribution in [2.24, 2.45) is 0 Å². The number of aromatic nitrogens is 1. The quantitative estimate of drug-likeness (QED) is 0.827. The Labute approximate surface area is 88.3 Å². The van der Waals surface area contributed by atoms with E-state index >= 15 is 0 Å². The van der Waals surface area contributed by atoms with Crippen molar-refractivity contribution in [3.05, 3.63) is 42.5 Å². The molecule has 0 aromatic carbocycles. The van der Waals surface area contributed by atoms with E-state index in [-0.39, 0.29) is 0 Å². The summed E-state index contributed by atoms with van der Waals surface area (Å²) in [4.78, 5) is 6.12. The molecular weight excluding hydrogens is 190 g/mol. The fourth-order valence-corrected chi connectivity index (χ4v) is 1.37. The number of nitrogen functional groups attached to an aromatic ring is 1. The molecular formula is C11H13N3O. The van der Waals surface area contributed by atoms with Crippen molar-refractivity contribution in [1.82, 2.24) is 4.98 Å². The maximum atomic E-state index is 5.52. The summed E-state index contributed by atoms with van der Waals surface area (Å²) in [6.07, 6.45) is 5.17. The average Bonchev–Trinajstić information content (AvgIpc) is 2.71. The molecule has 2 N–H and O–H groups in total. The summed E-state index contributed by atoms with van der Waals surface area (Å²) in [5.74, 6) is 0.537. The molecule has 15 heavy (non-hydrogen) atoms. The van der Waals surface area contributed by atoms with Gasteiger partial charge in [-0.25, -0.2) is 4.98 Å². The highest BCUT2D eigenvalue weighted by atomic mass is 16.3. The van der Waals surface area contributed by atoms with Crippen LogP contribution in [-0.4, -0.2) is 12.0 Å². The lowest BCUT2D eigenvalue weighted by atomic mass is 10.3. The topological polar surface area (TPSA) is 55.3 Å². The third kappa shape index (κ3) is 2.28. The highest BCUT2D eigenvalue weighted by molar-refractivity contribution is 5.47. The normalized spacial score (nSPS) is 10.2. The van der Waals surface area contributed by atoms with Gasteiger partial charge in [-0.15, -0.1) is 0 Å². The van der Waals surface area contributed by atoms with Crippen LogP contribution in [0.4, 0.5) is 11.5 Å². The van der Waals surface area contributed by atoms with Crippen molar-refractivity contribution in [1.29, 1.82) is 0 Å². The minimum atomic E-state index is 0.537. The summed E-state index contributed by atoms with van der Waals surface area (Å²) < 4.78 is 5.01. The Kier molecular flexibility index (Phi) is 2.58. The van der Waals surface area contributed by atoms with Crippen molar-refractivity contribution >= 4 is 11.5 Å². The molecule has 0 fully saturated rings. The van der Waals surface area contributed by atoms with E-state index in [1.165, 1.54) is 0 Å². The number of hydrogen-bond acceptors (Lipinski definition) is 4. The first-order valence-electron chi connectivity index (χ1n) is 4.69. The average molecular weight is 203 g/mol. The SMILES string of the molecule is CN(Cc1ccoc1)c1ccc(N)nc1. The molecule has 0 saturated carbocycles. The molecule has 0 aliphatic rings. The lowest BCUT2D eigenvalue weighted by Gasteiger charge is -2.17. The van der Waals surface area contributed by atoms with Crippen LogP contribution in [0.5, 0.6) is 0 Å². The molecule has 0 aliphatic heterocycles. The Balaban J connectivity index is 2.08. The summed E-state index contributed by atoms with van der Waals surface area (Å²) in [7, 11) is 2.00. The summed E-state index contributed by atoms with van der Waals surface area (Å²) in [6.45, 7) is 0.794. The predicted molar refractivity (Wildman–Crippen MR) is 59.5 cm³/mol. The van der Waals surface area contributed by atoms with Gasteiger partial charge in [0.1, 0.15) is 5.82 Å². The molecule has 0 aliphatic carbocycles. The van der Waals surface area contributed by atoms with E-state index in [0.717, 1.165) is 17.8 Å². The summed E-state index contributed by atoms with van der Waals surface area (Å²) >= 11 is 0. The Hall–Kier alpha value is -1.97. The molecule has 2 heterocycles. The second-order valence-corrected chi connectivity index (χ2v) is 3.43. The van der Waals surface area contributed by atoms with Crippen LogP contribution in [-0.2, 0) is 6.54 Å². The standard InChI is InChI=1S/C11H13N3O/c1-14(7-9-4-5-15-8-9)10-2-3-11(12)13-6-10/h2-6,8H,7H2,1H3,(H2,12,13). The largest absolute Gasteiger partial charge is 0.472 e. The van der Waals surface area contributed by atoms with Crippen LogP contribution in [0, 0.1) is 0 Å². The summed E-state index contributed by atoms with van der Waals surface area (Å²) in [5.41, 5.74) is 7.68. The van der Waals surface area contributed by atoms with Crippen LogP contribution in [0.3, 0.4) is 0 Å². The van der Waals surface area contributed by atoms with Crippen LogP contribution in [0.15, 0.2) is 41.3 Å². The Morgan fingerprint density at radius 2 is 2.27 bits per heavy atom. The zero-order valence-electron chi connectivity index (χ0n) is 8.55. The van der Waals surface area contributed by atoms with Crippen molar-refractivity contribution in [3.8, 4) is 0 Å². The van der Waals surface area contributed by atoms with E-state index in [2.05, 4.69) is 9.88 Å². The maximum Gasteiger partial charge on any atom is 0.123 e. The van der Waals surface area contributed by atoms with E-state index in [9.17, 15) is 0 Å². The molecule has 2 aromatic rings. The van der Waals surface area contributed by atoms with Gasteiger partial charge in [0.05, 0.1) is 24.4 Å². The van der Waals surface area contributed by atoms with Gasteiger partial charge in [-0.3, -0.25) is 0 Å². The minimum Gasteiger partial charge on any atom is -0.472 e. The lowest BCUT2D eigenvalue weighted by Crippen LogP contribution is -2.16. The van der Waals surface area contributed by atoms with Gasteiger partial charge in [-0.1, -0.05) is 0 Å². The van der Waals surface area contributed by atoms with Crippen molar-refractivity contribution in [3.63, 3.8) is 0 Å². The van der Waals surface area contributed by atoms with Crippen molar-refractivity contribution in [2.45, 2.75) is 6.54 Å². The van der Waals surface area contributed by atoms with Crippen molar-refractivity contribution in [2.75, 3.05) is 17.7 Å². The maximum absolute atomic E-state index is 5.52. The fourth-order valence-electron chi connectivity index (χ4n) is 1.37. The van der Waals surface area contributed by atoms with Crippen molar-refractivity contribution < 1.29 is 4.42 Å². The Morgan fingerprint density at radius 1 is 1.40 bits per heavy atom. The predicted octanol–water partition coefficient (Wildman–Crippen LogP) is 1.89. The Morgan fingerprint density at radius 3 is 2.87 bits per heavy atom. The molecule has 0 radical (unpaired) electrons. The van der Waals surface area contributed by atoms with Gasteiger partial charge in [0.15, 0.2) is 0 Å². The number of pyridine rings is 1. The molecule has 0 amide bonds. The van der Waals surface area contributed by atoms with Crippen LogP contribution < -0.4 is 10.6 Å². The summed E-state index contributed by atoms with van der Waals surface area (Å²) in [6, 6.07) is 5.69. The second-order valence-electron chi connectivity index (χ2n) is 3.43. The van der Waals surface area contributed by atoms with Gasteiger partial charge in [-0.2, -0.15) is 0 Å². The highest BCUT2D eigenvalue weighted by Crippen LogP contribution is 2.15. The van der Waals surface area contributed by atoms with Gasteiger partial charge in [0.2, 0.25) is 0 Å². The van der Waals surface area contributed by atoms with Gasteiger partial charge in [-0.05, 0) is 18.2 Å². The van der Waals surface area contributed by atoms with Gasteiger partial charge in [0.25, 0.3) is 0 Å². The molecule has 4 nitrogen and oxygen atoms in total. The molecule has 2 rings (SSSR count). The number of anilines is 2. The molecule has 0 bridgehead atoms. The van der Waals surface area contributed by atoms with Gasteiger partial charge < -0.3 is 15.1 Å². The van der Waals surface area contributed by atoms with Crippen LogP contribution in [0.25, 0.3) is 0 Å². The fraction of sp³-hybridized carbons (Fsp3) is 0.182. The molecule has 2 aromatic heterocycles. The first kappa shape index (κ1) is 9.58. The molecule has 78 valence electrons.